The molecule has 1 aromatic carbocycles. The van der Waals surface area contributed by atoms with Crippen molar-refractivity contribution in [3.05, 3.63) is 35.9 Å². The van der Waals surface area contributed by atoms with Crippen LogP contribution >= 0.6 is 11.8 Å². The lowest BCUT2D eigenvalue weighted by Crippen LogP contribution is -2.49. The average Bonchev–Trinajstić information content (AvgIpc) is 2.35. The van der Waals surface area contributed by atoms with Crippen molar-refractivity contribution in [2.24, 2.45) is 5.41 Å². The summed E-state index contributed by atoms with van der Waals surface area (Å²) >= 11 is 1.47. The number of nitrogens with one attached hydrogen (secondary N) is 1. The molecule has 1 unspecified atom stereocenters. The molecule has 110 valence electrons. The second-order valence-corrected chi connectivity index (χ2v) is 6.67. The summed E-state index contributed by atoms with van der Waals surface area (Å²) in [4.78, 5) is 23.0. The highest BCUT2D eigenvalue weighted by Crippen LogP contribution is 2.20. The first-order chi connectivity index (χ1) is 9.30. The number of benzene rings is 1. The lowest BCUT2D eigenvalue weighted by Gasteiger charge is -2.27. The van der Waals surface area contributed by atoms with Crippen molar-refractivity contribution >= 4 is 23.6 Å². The monoisotopic (exact) mass is 295 g/mol. The van der Waals surface area contributed by atoms with Crippen molar-refractivity contribution in [3.63, 3.8) is 0 Å². The SMILES string of the molecule is CC(C)(C)C(NC(=O)CSCc1ccccc1)C(=O)O. The molecule has 1 aromatic rings. The van der Waals surface area contributed by atoms with Gasteiger partial charge in [-0.25, -0.2) is 4.79 Å². The molecular weight excluding hydrogens is 274 g/mol. The molecule has 0 aromatic heterocycles. The number of aliphatic carboxylic acids is 1. The van der Waals surface area contributed by atoms with E-state index in [1.54, 1.807) is 20.8 Å². The number of carboxylic acid groups (broad SMARTS) is 1. The van der Waals surface area contributed by atoms with E-state index in [2.05, 4.69) is 5.32 Å². The van der Waals surface area contributed by atoms with E-state index < -0.39 is 17.4 Å². The fraction of sp³-hybridized carbons (Fsp3) is 0.467. The molecule has 1 amide bonds. The fourth-order valence-corrected chi connectivity index (χ4v) is 2.49. The zero-order valence-electron chi connectivity index (χ0n) is 12.1. The first kappa shape index (κ1) is 16.6. The predicted molar refractivity (Wildman–Crippen MR) is 81.6 cm³/mol. The van der Waals surface area contributed by atoms with Crippen LogP contribution in [0.2, 0.25) is 0 Å². The van der Waals surface area contributed by atoms with Crippen LogP contribution in [0.25, 0.3) is 0 Å². The van der Waals surface area contributed by atoms with Crippen molar-refractivity contribution in [1.29, 1.82) is 0 Å². The van der Waals surface area contributed by atoms with E-state index in [0.29, 0.717) is 0 Å². The highest BCUT2D eigenvalue weighted by Gasteiger charge is 2.32. The van der Waals surface area contributed by atoms with Gasteiger partial charge in [0.2, 0.25) is 5.91 Å². The summed E-state index contributed by atoms with van der Waals surface area (Å²) in [5.41, 5.74) is 0.641. The van der Waals surface area contributed by atoms with E-state index >= 15 is 0 Å². The minimum Gasteiger partial charge on any atom is -0.480 e. The lowest BCUT2D eigenvalue weighted by atomic mass is 9.87. The molecule has 0 bridgehead atoms. The Labute approximate surface area is 124 Å². The molecule has 0 saturated heterocycles. The van der Waals surface area contributed by atoms with Gasteiger partial charge in [-0.05, 0) is 11.0 Å². The minimum absolute atomic E-state index is 0.242. The third kappa shape index (κ3) is 5.65. The molecule has 1 rings (SSSR count). The van der Waals surface area contributed by atoms with Gasteiger partial charge in [0.15, 0.2) is 0 Å². The summed E-state index contributed by atoms with van der Waals surface area (Å²) in [6, 6.07) is 8.99. The van der Waals surface area contributed by atoms with Crippen LogP contribution in [0.1, 0.15) is 26.3 Å². The Hall–Kier alpha value is -1.49. The van der Waals surface area contributed by atoms with E-state index in [4.69, 9.17) is 5.11 Å². The van der Waals surface area contributed by atoms with Crippen LogP contribution in [0, 0.1) is 5.41 Å². The number of rotatable bonds is 6. The molecule has 0 heterocycles. The van der Waals surface area contributed by atoms with Crippen molar-refractivity contribution in [3.8, 4) is 0 Å². The summed E-state index contributed by atoms with van der Waals surface area (Å²) < 4.78 is 0. The number of thioether (sulfide) groups is 1. The summed E-state index contributed by atoms with van der Waals surface area (Å²) in [7, 11) is 0. The Morgan fingerprint density at radius 2 is 1.85 bits per heavy atom. The van der Waals surface area contributed by atoms with Crippen LogP contribution in [-0.2, 0) is 15.3 Å². The molecule has 0 spiro atoms. The highest BCUT2D eigenvalue weighted by atomic mass is 32.2. The summed E-state index contributed by atoms with van der Waals surface area (Å²) in [5.74, 6) is -0.247. The zero-order chi connectivity index (χ0) is 15.2. The molecule has 0 radical (unpaired) electrons. The smallest absolute Gasteiger partial charge is 0.326 e. The van der Waals surface area contributed by atoms with Crippen LogP contribution in [0.4, 0.5) is 0 Å². The van der Waals surface area contributed by atoms with Crippen LogP contribution in [0.5, 0.6) is 0 Å². The number of carboxylic acids is 1. The molecule has 5 heteroatoms. The van der Waals surface area contributed by atoms with Gasteiger partial charge in [-0.15, -0.1) is 11.8 Å². The topological polar surface area (TPSA) is 66.4 Å². The molecule has 0 aliphatic carbocycles. The van der Waals surface area contributed by atoms with Crippen LogP contribution in [0.15, 0.2) is 30.3 Å². The van der Waals surface area contributed by atoms with Crippen molar-refractivity contribution in [2.75, 3.05) is 5.75 Å². The van der Waals surface area contributed by atoms with Gasteiger partial charge < -0.3 is 10.4 Å². The predicted octanol–water partition coefficient (Wildman–Crippen LogP) is 2.54. The van der Waals surface area contributed by atoms with Gasteiger partial charge in [0.05, 0.1) is 5.75 Å². The first-order valence-corrected chi connectivity index (χ1v) is 7.60. The molecule has 4 nitrogen and oxygen atoms in total. The van der Waals surface area contributed by atoms with Crippen molar-refractivity contribution in [1.82, 2.24) is 5.32 Å². The van der Waals surface area contributed by atoms with Crippen LogP contribution in [0.3, 0.4) is 0 Å². The van der Waals surface area contributed by atoms with Gasteiger partial charge in [-0.1, -0.05) is 51.1 Å². The van der Waals surface area contributed by atoms with E-state index in [0.717, 1.165) is 11.3 Å². The summed E-state index contributed by atoms with van der Waals surface area (Å²) in [6.07, 6.45) is 0. The third-order valence-corrected chi connectivity index (χ3v) is 3.77. The molecule has 0 fully saturated rings. The molecule has 1 atom stereocenters. The van der Waals surface area contributed by atoms with E-state index in [1.165, 1.54) is 11.8 Å². The van der Waals surface area contributed by atoms with E-state index in [9.17, 15) is 9.59 Å². The number of carbonyl (C=O) groups is 2. The minimum atomic E-state index is -1.00. The van der Waals surface area contributed by atoms with Gasteiger partial charge in [0, 0.05) is 5.75 Å². The molecule has 0 aliphatic rings. The second kappa shape index (κ2) is 7.33. The Kier molecular flexibility index (Phi) is 6.07. The Bertz CT molecular complexity index is 454. The largest absolute Gasteiger partial charge is 0.480 e. The Morgan fingerprint density at radius 1 is 1.25 bits per heavy atom. The maximum atomic E-state index is 11.8. The number of carbonyl (C=O) groups excluding carboxylic acids is 1. The van der Waals surface area contributed by atoms with Crippen LogP contribution < -0.4 is 5.32 Å². The van der Waals surface area contributed by atoms with Gasteiger partial charge >= 0.3 is 5.97 Å². The summed E-state index contributed by atoms with van der Waals surface area (Å²) in [6.45, 7) is 5.38. The van der Waals surface area contributed by atoms with Gasteiger partial charge in [0.25, 0.3) is 0 Å². The van der Waals surface area contributed by atoms with E-state index in [1.807, 2.05) is 30.3 Å². The fourth-order valence-electron chi connectivity index (χ4n) is 1.69. The number of hydrogen-bond acceptors (Lipinski definition) is 3. The van der Waals surface area contributed by atoms with E-state index in [-0.39, 0.29) is 11.7 Å². The quantitative estimate of drug-likeness (QED) is 0.846. The molecule has 2 N–H and O–H groups in total. The highest BCUT2D eigenvalue weighted by molar-refractivity contribution is 7.99. The van der Waals surface area contributed by atoms with Gasteiger partial charge in [-0.3, -0.25) is 4.79 Å². The average molecular weight is 295 g/mol. The third-order valence-electron chi connectivity index (χ3n) is 2.76. The maximum absolute atomic E-state index is 11.8. The molecule has 20 heavy (non-hydrogen) atoms. The number of amides is 1. The van der Waals surface area contributed by atoms with Gasteiger partial charge in [-0.2, -0.15) is 0 Å². The standard InChI is InChI=1S/C15H21NO3S/c1-15(2,3)13(14(18)19)16-12(17)10-20-9-11-7-5-4-6-8-11/h4-8,13H,9-10H2,1-3H3,(H,16,17)(H,18,19). The van der Waals surface area contributed by atoms with Crippen LogP contribution in [-0.4, -0.2) is 28.8 Å². The Morgan fingerprint density at radius 3 is 2.35 bits per heavy atom. The normalized spacial score (nSPS) is 12.8. The lowest BCUT2D eigenvalue weighted by molar-refractivity contribution is -0.144. The molecule has 0 aliphatic heterocycles. The van der Waals surface area contributed by atoms with Crippen molar-refractivity contribution < 1.29 is 14.7 Å². The molecular formula is C15H21NO3S. The van der Waals surface area contributed by atoms with Crippen molar-refractivity contribution in [2.45, 2.75) is 32.6 Å². The number of hydrogen-bond donors (Lipinski definition) is 2. The molecule has 0 saturated carbocycles. The maximum Gasteiger partial charge on any atom is 0.326 e. The summed E-state index contributed by atoms with van der Waals surface area (Å²) in [5, 5.41) is 11.7. The van der Waals surface area contributed by atoms with Gasteiger partial charge in [0.1, 0.15) is 6.04 Å². The Balaban J connectivity index is 2.41. The first-order valence-electron chi connectivity index (χ1n) is 6.44. The second-order valence-electron chi connectivity index (χ2n) is 5.68. The zero-order valence-corrected chi connectivity index (χ0v) is 12.9.